The first-order valence-electron chi connectivity index (χ1n) is 6.93. The van der Waals surface area contributed by atoms with Gasteiger partial charge in [0.05, 0.1) is 18.4 Å². The zero-order valence-corrected chi connectivity index (χ0v) is 13.5. The highest BCUT2D eigenvalue weighted by Crippen LogP contribution is 2.29. The molecule has 112 valence electrons. The van der Waals surface area contributed by atoms with Crippen molar-refractivity contribution in [2.45, 2.75) is 18.9 Å². The Kier molecular flexibility index (Phi) is 4.12. The molecule has 0 bridgehead atoms. The highest BCUT2D eigenvalue weighted by Gasteiger charge is 2.19. The van der Waals surface area contributed by atoms with Gasteiger partial charge in [-0.3, -0.25) is 4.68 Å². The third kappa shape index (κ3) is 3.36. The summed E-state index contributed by atoms with van der Waals surface area (Å²) in [5, 5.41) is 4.41. The molecule has 1 aliphatic rings. The first-order chi connectivity index (χ1) is 10.1. The van der Waals surface area contributed by atoms with Gasteiger partial charge in [0.1, 0.15) is 0 Å². The molecule has 3 rings (SSSR count). The van der Waals surface area contributed by atoms with Crippen molar-refractivity contribution in [3.8, 4) is 11.5 Å². The lowest BCUT2D eigenvalue weighted by atomic mass is 10.1. The Balaban J connectivity index is 1.71. The topological polar surface area (TPSA) is 69.2 Å². The van der Waals surface area contributed by atoms with Crippen molar-refractivity contribution in [3.63, 3.8) is 0 Å². The van der Waals surface area contributed by atoms with Crippen molar-refractivity contribution >= 4 is 21.7 Å². The quantitative estimate of drug-likeness (QED) is 0.920. The average molecular weight is 352 g/mol. The molecular weight excluding hydrogens is 334 g/mol. The Morgan fingerprint density at radius 3 is 2.86 bits per heavy atom. The average Bonchev–Trinajstić information content (AvgIpc) is 2.92. The van der Waals surface area contributed by atoms with E-state index in [-0.39, 0.29) is 0 Å². The molecule has 1 aliphatic heterocycles. The number of likely N-dealkylation sites (tertiary alicyclic amines) is 1. The minimum Gasteiger partial charge on any atom is -0.450 e. The smallest absolute Gasteiger partial charge is 0.170 e. The van der Waals surface area contributed by atoms with Crippen LogP contribution in [0.4, 0.5) is 5.82 Å². The summed E-state index contributed by atoms with van der Waals surface area (Å²) in [4.78, 5) is 6.39. The molecule has 2 aromatic rings. The van der Waals surface area contributed by atoms with Gasteiger partial charge >= 0.3 is 0 Å². The number of piperidine rings is 1. The maximum atomic E-state index is 5.81. The molecular formula is C14H18BrN5O. The van der Waals surface area contributed by atoms with Crippen LogP contribution < -0.4 is 10.5 Å². The highest BCUT2D eigenvalue weighted by atomic mass is 79.9. The number of hydrogen-bond donors (Lipinski definition) is 1. The molecule has 3 heterocycles. The summed E-state index contributed by atoms with van der Waals surface area (Å²) in [5.41, 5.74) is 5.81. The van der Waals surface area contributed by atoms with Gasteiger partial charge < -0.3 is 15.4 Å². The number of nitrogens with two attached hydrogens (primary N) is 1. The number of nitrogen functional groups attached to an aromatic ring is 1. The predicted molar refractivity (Wildman–Crippen MR) is 84.4 cm³/mol. The Labute approximate surface area is 132 Å². The van der Waals surface area contributed by atoms with Crippen LogP contribution in [0.5, 0.6) is 11.5 Å². The molecule has 0 radical (unpaired) electrons. The molecule has 0 atom stereocenters. The van der Waals surface area contributed by atoms with E-state index < -0.39 is 0 Å². The van der Waals surface area contributed by atoms with Crippen LogP contribution in [0.15, 0.2) is 29.1 Å². The van der Waals surface area contributed by atoms with Crippen LogP contribution >= 0.6 is 15.9 Å². The van der Waals surface area contributed by atoms with Gasteiger partial charge in [-0.1, -0.05) is 0 Å². The summed E-state index contributed by atoms with van der Waals surface area (Å²) < 4.78 is 8.59. The largest absolute Gasteiger partial charge is 0.450 e. The fourth-order valence-electron chi connectivity index (χ4n) is 2.47. The number of aromatic nitrogens is 3. The van der Waals surface area contributed by atoms with Gasteiger partial charge in [-0.2, -0.15) is 5.10 Å². The summed E-state index contributed by atoms with van der Waals surface area (Å²) >= 11 is 3.36. The summed E-state index contributed by atoms with van der Waals surface area (Å²) in [7, 11) is 2.15. The standard InChI is InChI=1S/C14H18BrN5O/c1-19-4-2-11(3-5-19)20-9-12(8-18-20)21-13-6-10(15)7-17-14(13)16/h6-9,11H,2-5H2,1H3,(H2,16,17). The van der Waals surface area contributed by atoms with Gasteiger partial charge in [0.2, 0.25) is 0 Å². The SMILES string of the molecule is CN1CCC(n2cc(Oc3cc(Br)cnc3N)cn2)CC1. The summed E-state index contributed by atoms with van der Waals surface area (Å²) in [6.07, 6.45) is 7.51. The van der Waals surface area contributed by atoms with Crippen LogP contribution in [0.3, 0.4) is 0 Å². The van der Waals surface area contributed by atoms with Crippen LogP contribution in [0.2, 0.25) is 0 Å². The first kappa shape index (κ1) is 14.3. The number of anilines is 1. The second-order valence-corrected chi connectivity index (χ2v) is 6.25. The van der Waals surface area contributed by atoms with Crippen LogP contribution in [-0.4, -0.2) is 39.8 Å². The molecule has 1 fully saturated rings. The lowest BCUT2D eigenvalue weighted by Gasteiger charge is -2.28. The van der Waals surface area contributed by atoms with E-state index in [9.17, 15) is 0 Å². The van der Waals surface area contributed by atoms with E-state index in [1.165, 1.54) is 0 Å². The molecule has 1 saturated heterocycles. The van der Waals surface area contributed by atoms with Gasteiger partial charge in [-0.05, 0) is 48.9 Å². The third-order valence-corrected chi connectivity index (χ3v) is 4.15. The molecule has 7 heteroatoms. The molecule has 6 nitrogen and oxygen atoms in total. The highest BCUT2D eigenvalue weighted by molar-refractivity contribution is 9.10. The van der Waals surface area contributed by atoms with Gasteiger partial charge in [0.25, 0.3) is 0 Å². The van der Waals surface area contributed by atoms with E-state index >= 15 is 0 Å². The fraction of sp³-hybridized carbons (Fsp3) is 0.429. The van der Waals surface area contributed by atoms with E-state index in [2.05, 4.69) is 38.0 Å². The second kappa shape index (κ2) is 6.03. The van der Waals surface area contributed by atoms with Crippen molar-refractivity contribution in [1.82, 2.24) is 19.7 Å². The zero-order valence-electron chi connectivity index (χ0n) is 11.9. The van der Waals surface area contributed by atoms with Crippen LogP contribution in [0.25, 0.3) is 0 Å². The lowest BCUT2D eigenvalue weighted by molar-refractivity contribution is 0.212. The molecule has 0 amide bonds. The van der Waals surface area contributed by atoms with E-state index in [0.717, 1.165) is 30.4 Å². The van der Waals surface area contributed by atoms with Crippen molar-refractivity contribution in [1.29, 1.82) is 0 Å². The summed E-state index contributed by atoms with van der Waals surface area (Å²) in [6.45, 7) is 2.20. The minimum absolute atomic E-state index is 0.366. The Morgan fingerprint density at radius 1 is 1.33 bits per heavy atom. The zero-order chi connectivity index (χ0) is 14.8. The normalized spacial score (nSPS) is 17.0. The molecule has 0 spiro atoms. The molecule has 2 aromatic heterocycles. The van der Waals surface area contributed by atoms with Gasteiger partial charge in [-0.15, -0.1) is 0 Å². The molecule has 21 heavy (non-hydrogen) atoms. The van der Waals surface area contributed by atoms with Crippen LogP contribution in [0, 0.1) is 0 Å². The Bertz CT molecular complexity index is 622. The van der Waals surface area contributed by atoms with Gasteiger partial charge in [-0.25, -0.2) is 4.98 Å². The third-order valence-electron chi connectivity index (χ3n) is 3.72. The molecule has 0 saturated carbocycles. The van der Waals surface area contributed by atoms with Crippen molar-refractivity contribution in [2.24, 2.45) is 0 Å². The number of ether oxygens (including phenoxy) is 1. The van der Waals surface area contributed by atoms with Gasteiger partial charge in [0.15, 0.2) is 17.3 Å². The molecule has 0 aromatic carbocycles. The fourth-order valence-corrected chi connectivity index (χ4v) is 2.78. The van der Waals surface area contributed by atoms with E-state index in [1.807, 2.05) is 10.9 Å². The predicted octanol–water partition coefficient (Wildman–Crippen LogP) is 2.68. The number of halogens is 1. The number of pyridine rings is 1. The number of nitrogens with zero attached hydrogens (tertiary/aromatic N) is 4. The maximum Gasteiger partial charge on any atom is 0.170 e. The van der Waals surface area contributed by atoms with Crippen molar-refractivity contribution in [2.75, 3.05) is 25.9 Å². The molecule has 0 unspecified atom stereocenters. The van der Waals surface area contributed by atoms with Crippen LogP contribution in [0.1, 0.15) is 18.9 Å². The Morgan fingerprint density at radius 2 is 2.10 bits per heavy atom. The van der Waals surface area contributed by atoms with E-state index in [1.54, 1.807) is 18.5 Å². The number of rotatable bonds is 3. The van der Waals surface area contributed by atoms with Gasteiger partial charge in [0, 0.05) is 16.7 Å². The summed E-state index contributed by atoms with van der Waals surface area (Å²) in [6, 6.07) is 2.24. The molecule has 2 N–H and O–H groups in total. The summed E-state index contributed by atoms with van der Waals surface area (Å²) in [5.74, 6) is 1.58. The second-order valence-electron chi connectivity index (χ2n) is 5.33. The minimum atomic E-state index is 0.366. The number of hydrogen-bond acceptors (Lipinski definition) is 5. The van der Waals surface area contributed by atoms with E-state index in [4.69, 9.17) is 10.5 Å². The maximum absolute atomic E-state index is 5.81. The van der Waals surface area contributed by atoms with Crippen molar-refractivity contribution < 1.29 is 4.74 Å². The Hall–Kier alpha value is -1.60. The molecule has 0 aliphatic carbocycles. The van der Waals surface area contributed by atoms with Crippen LogP contribution in [-0.2, 0) is 0 Å². The van der Waals surface area contributed by atoms with Crippen molar-refractivity contribution in [3.05, 3.63) is 29.1 Å². The lowest BCUT2D eigenvalue weighted by Crippen LogP contribution is -2.31. The monoisotopic (exact) mass is 351 g/mol. The van der Waals surface area contributed by atoms with E-state index in [0.29, 0.717) is 23.4 Å². The first-order valence-corrected chi connectivity index (χ1v) is 7.72.